The zero-order chi connectivity index (χ0) is 9.14. The maximum atomic E-state index is 10.9. The zero-order valence-corrected chi connectivity index (χ0v) is 8.02. The smallest absolute Gasteiger partial charge is 0.169 e. The van der Waals surface area contributed by atoms with Gasteiger partial charge in [-0.15, -0.1) is 11.3 Å². The molecule has 1 rings (SSSR count). The molecule has 1 aromatic rings. The Morgan fingerprint density at radius 2 is 2.33 bits per heavy atom. The molecule has 0 aliphatic heterocycles. The molecule has 1 N–H and O–H groups in total. The lowest BCUT2D eigenvalue weighted by Crippen LogP contribution is -2.01. The summed E-state index contributed by atoms with van der Waals surface area (Å²) in [6.45, 7) is 3.30. The maximum Gasteiger partial charge on any atom is 0.169 e. The van der Waals surface area contributed by atoms with E-state index in [9.17, 15) is 4.79 Å². The van der Waals surface area contributed by atoms with Crippen molar-refractivity contribution < 1.29 is 9.90 Å². The average Bonchev–Trinajstić information content (AvgIpc) is 2.34. The summed E-state index contributed by atoms with van der Waals surface area (Å²) >= 11 is 1.46. The summed E-state index contributed by atoms with van der Waals surface area (Å²) in [4.78, 5) is 12.7. The number of hydrogen-bond acceptors (Lipinski definition) is 3. The molecule has 1 heterocycles. The van der Waals surface area contributed by atoms with Crippen molar-refractivity contribution in [3.05, 3.63) is 21.9 Å². The molecule has 0 saturated carbocycles. The average molecular weight is 184 g/mol. The lowest BCUT2D eigenvalue weighted by atomic mass is 10.2. The van der Waals surface area contributed by atoms with E-state index < -0.39 is 0 Å². The van der Waals surface area contributed by atoms with Crippen molar-refractivity contribution in [1.29, 1.82) is 0 Å². The summed E-state index contributed by atoms with van der Waals surface area (Å²) in [5.74, 6) is 0.0943. The van der Waals surface area contributed by atoms with E-state index in [1.807, 2.05) is 12.1 Å². The molecule has 3 heteroatoms. The second-order valence-corrected chi connectivity index (χ2v) is 4.04. The Hall–Kier alpha value is -0.670. The van der Waals surface area contributed by atoms with E-state index >= 15 is 0 Å². The number of aliphatic hydroxyl groups is 1. The van der Waals surface area contributed by atoms with Crippen LogP contribution in [0.2, 0.25) is 0 Å². The van der Waals surface area contributed by atoms with Gasteiger partial charge in [-0.05, 0) is 26.0 Å². The minimum absolute atomic E-state index is 0.0943. The Bertz CT molecular complexity index is 276. The predicted octanol–water partition coefficient (Wildman–Crippen LogP) is 1.87. The van der Waals surface area contributed by atoms with E-state index in [-0.39, 0.29) is 11.9 Å². The molecule has 0 aliphatic carbocycles. The fourth-order valence-corrected chi connectivity index (χ4v) is 1.99. The highest BCUT2D eigenvalue weighted by Crippen LogP contribution is 2.18. The highest BCUT2D eigenvalue weighted by atomic mass is 32.1. The number of ketones is 1. The maximum absolute atomic E-state index is 10.9. The summed E-state index contributed by atoms with van der Waals surface area (Å²) in [6.07, 6.45) is 0.307. The number of Topliss-reactive ketones (excluding diaryl/α,β-unsaturated/α-hetero) is 1. The summed E-state index contributed by atoms with van der Waals surface area (Å²) < 4.78 is 0. The van der Waals surface area contributed by atoms with E-state index in [4.69, 9.17) is 5.11 Å². The molecule has 0 amide bonds. The normalized spacial score (nSPS) is 12.9. The topological polar surface area (TPSA) is 37.3 Å². The first-order valence-electron chi connectivity index (χ1n) is 3.87. The van der Waals surface area contributed by atoms with Gasteiger partial charge in [-0.2, -0.15) is 0 Å². The molecule has 0 bridgehead atoms. The third kappa shape index (κ3) is 2.43. The van der Waals surface area contributed by atoms with E-state index in [0.717, 1.165) is 9.75 Å². The molecule has 0 radical (unpaired) electrons. The van der Waals surface area contributed by atoms with Crippen molar-refractivity contribution in [1.82, 2.24) is 0 Å². The van der Waals surface area contributed by atoms with Gasteiger partial charge in [0.2, 0.25) is 0 Å². The molecule has 0 saturated heterocycles. The highest BCUT2D eigenvalue weighted by Gasteiger charge is 2.05. The van der Waals surface area contributed by atoms with Crippen molar-refractivity contribution in [2.45, 2.75) is 26.4 Å². The van der Waals surface area contributed by atoms with E-state index in [1.165, 1.54) is 11.3 Å². The van der Waals surface area contributed by atoms with Gasteiger partial charge in [-0.25, -0.2) is 0 Å². The van der Waals surface area contributed by atoms with Crippen molar-refractivity contribution in [2.75, 3.05) is 0 Å². The minimum Gasteiger partial charge on any atom is -0.393 e. The van der Waals surface area contributed by atoms with Gasteiger partial charge in [0.1, 0.15) is 0 Å². The lowest BCUT2D eigenvalue weighted by Gasteiger charge is -1.98. The van der Waals surface area contributed by atoms with Crippen LogP contribution in [0, 0.1) is 0 Å². The molecule has 0 unspecified atom stereocenters. The van der Waals surface area contributed by atoms with Gasteiger partial charge < -0.3 is 5.11 Å². The van der Waals surface area contributed by atoms with Crippen LogP contribution in [0.25, 0.3) is 0 Å². The summed E-state index contributed by atoms with van der Waals surface area (Å²) in [5.41, 5.74) is 0. The van der Waals surface area contributed by atoms with Crippen LogP contribution in [0.4, 0.5) is 0 Å². The largest absolute Gasteiger partial charge is 0.393 e. The molecule has 1 aromatic heterocycles. The van der Waals surface area contributed by atoms with Crippen LogP contribution >= 0.6 is 11.3 Å². The fourth-order valence-electron chi connectivity index (χ4n) is 0.968. The molecular weight excluding hydrogens is 172 g/mol. The standard InChI is InChI=1S/C9H12O2S/c1-6(10)5-8-3-4-9(12-8)7(2)11/h3-4,6,10H,5H2,1-2H3/t6-/m0/s1. The van der Waals surface area contributed by atoms with Crippen LogP contribution in [-0.2, 0) is 6.42 Å². The Morgan fingerprint density at radius 1 is 1.67 bits per heavy atom. The van der Waals surface area contributed by atoms with Gasteiger partial charge in [-0.3, -0.25) is 4.79 Å². The highest BCUT2D eigenvalue weighted by molar-refractivity contribution is 7.14. The van der Waals surface area contributed by atoms with Crippen molar-refractivity contribution >= 4 is 17.1 Å². The number of rotatable bonds is 3. The molecule has 66 valence electrons. The Morgan fingerprint density at radius 3 is 2.75 bits per heavy atom. The van der Waals surface area contributed by atoms with Crippen molar-refractivity contribution in [3.63, 3.8) is 0 Å². The van der Waals surface area contributed by atoms with Crippen molar-refractivity contribution in [3.8, 4) is 0 Å². The Kier molecular flexibility index (Phi) is 3.00. The van der Waals surface area contributed by atoms with Crippen LogP contribution in [-0.4, -0.2) is 17.0 Å². The lowest BCUT2D eigenvalue weighted by molar-refractivity contribution is 0.102. The summed E-state index contributed by atoms with van der Waals surface area (Å²) in [5, 5.41) is 9.08. The van der Waals surface area contributed by atoms with Crippen LogP contribution in [0.15, 0.2) is 12.1 Å². The molecule has 12 heavy (non-hydrogen) atoms. The Balaban J connectivity index is 2.71. The fraction of sp³-hybridized carbons (Fsp3) is 0.444. The van der Waals surface area contributed by atoms with Crippen LogP contribution < -0.4 is 0 Å². The van der Waals surface area contributed by atoms with Gasteiger partial charge in [0, 0.05) is 11.3 Å². The summed E-state index contributed by atoms with van der Waals surface area (Å²) in [6, 6.07) is 3.71. The molecule has 0 aromatic carbocycles. The van der Waals surface area contributed by atoms with E-state index in [0.29, 0.717) is 6.42 Å². The minimum atomic E-state index is -0.330. The third-order valence-corrected chi connectivity index (χ3v) is 2.71. The van der Waals surface area contributed by atoms with Gasteiger partial charge in [-0.1, -0.05) is 0 Å². The van der Waals surface area contributed by atoms with E-state index in [2.05, 4.69) is 0 Å². The number of thiophene rings is 1. The predicted molar refractivity (Wildman–Crippen MR) is 49.7 cm³/mol. The number of carbonyl (C=O) groups is 1. The van der Waals surface area contributed by atoms with Crippen LogP contribution in [0.5, 0.6) is 0 Å². The van der Waals surface area contributed by atoms with Gasteiger partial charge in [0.05, 0.1) is 11.0 Å². The molecule has 1 atom stereocenters. The van der Waals surface area contributed by atoms with Gasteiger partial charge in [0.25, 0.3) is 0 Å². The quantitative estimate of drug-likeness (QED) is 0.728. The molecular formula is C9H12O2S. The van der Waals surface area contributed by atoms with Gasteiger partial charge >= 0.3 is 0 Å². The second kappa shape index (κ2) is 3.83. The SMILES string of the molecule is CC(=O)c1ccc(C[C@H](C)O)s1. The number of hydrogen-bond donors (Lipinski definition) is 1. The van der Waals surface area contributed by atoms with Crippen molar-refractivity contribution in [2.24, 2.45) is 0 Å². The second-order valence-electron chi connectivity index (χ2n) is 2.88. The number of aliphatic hydroxyl groups excluding tert-OH is 1. The molecule has 0 fully saturated rings. The zero-order valence-electron chi connectivity index (χ0n) is 7.20. The molecule has 0 aliphatic rings. The monoisotopic (exact) mass is 184 g/mol. The first kappa shape index (κ1) is 9.42. The Labute approximate surface area is 75.9 Å². The van der Waals surface area contributed by atoms with Crippen LogP contribution in [0.1, 0.15) is 28.4 Å². The summed E-state index contributed by atoms with van der Waals surface area (Å²) in [7, 11) is 0. The van der Waals surface area contributed by atoms with Gasteiger partial charge in [0.15, 0.2) is 5.78 Å². The molecule has 0 spiro atoms. The molecule has 2 nitrogen and oxygen atoms in total. The first-order chi connectivity index (χ1) is 5.59. The van der Waals surface area contributed by atoms with E-state index in [1.54, 1.807) is 13.8 Å². The third-order valence-electron chi connectivity index (χ3n) is 1.51. The first-order valence-corrected chi connectivity index (χ1v) is 4.69. The van der Waals surface area contributed by atoms with Crippen LogP contribution in [0.3, 0.4) is 0 Å². The number of carbonyl (C=O) groups excluding carboxylic acids is 1.